The number of nitrogens with zero attached hydrogens (tertiary/aromatic N) is 4. The zero-order valence-electron chi connectivity index (χ0n) is 12.3. The summed E-state index contributed by atoms with van der Waals surface area (Å²) in [6, 6.07) is 15.5. The molecule has 24 heavy (non-hydrogen) atoms. The molecule has 0 fully saturated rings. The quantitative estimate of drug-likeness (QED) is 0.509. The van der Waals surface area contributed by atoms with Crippen molar-refractivity contribution in [2.45, 2.75) is 11.4 Å². The van der Waals surface area contributed by atoms with Gasteiger partial charge in [0.2, 0.25) is 5.82 Å². The van der Waals surface area contributed by atoms with Crippen molar-refractivity contribution in [1.29, 1.82) is 0 Å². The van der Waals surface area contributed by atoms with E-state index in [2.05, 4.69) is 26.0 Å². The lowest BCUT2D eigenvalue weighted by Crippen LogP contribution is -2.34. The van der Waals surface area contributed by atoms with Crippen molar-refractivity contribution >= 4 is 21.8 Å². The van der Waals surface area contributed by atoms with E-state index in [0.717, 1.165) is 5.56 Å². The largest absolute Gasteiger partial charge is 0.269 e. The Labute approximate surface area is 143 Å². The normalized spacial score (nSPS) is 11.8. The fourth-order valence-electron chi connectivity index (χ4n) is 2.01. The molecule has 0 unspecified atom stereocenters. The molecule has 0 aliphatic carbocycles. The van der Waals surface area contributed by atoms with Crippen LogP contribution in [-0.2, 0) is 16.6 Å². The summed E-state index contributed by atoms with van der Waals surface area (Å²) >= 11 is 5.92. The summed E-state index contributed by atoms with van der Waals surface area (Å²) in [5, 5.41) is 13.4. The lowest BCUT2D eigenvalue weighted by Gasteiger charge is -2.15. The molecule has 0 amide bonds. The summed E-state index contributed by atoms with van der Waals surface area (Å²) in [5.41, 5.74) is 4.07. The molecule has 0 aliphatic rings. The topological polar surface area (TPSA) is 104 Å². The average Bonchev–Trinajstić information content (AvgIpc) is 3.15. The van der Waals surface area contributed by atoms with Crippen LogP contribution in [0.4, 0.5) is 0 Å². The van der Waals surface area contributed by atoms with E-state index in [9.17, 15) is 8.42 Å². The van der Waals surface area contributed by atoms with E-state index in [1.54, 1.807) is 12.1 Å². The number of aromatic nitrogens is 4. The van der Waals surface area contributed by atoms with Gasteiger partial charge in [-0.25, -0.2) is 13.8 Å². The second-order valence-corrected chi connectivity index (χ2v) is 7.13. The highest BCUT2D eigenvalue weighted by atomic mass is 35.5. The molecule has 0 bridgehead atoms. The molecule has 0 spiro atoms. The molecular weight excluding hydrogens is 352 g/mol. The summed E-state index contributed by atoms with van der Waals surface area (Å²) in [5.74, 6) is 0.297. The van der Waals surface area contributed by atoms with Gasteiger partial charge in [0.25, 0.3) is 10.0 Å². The van der Waals surface area contributed by atoms with Gasteiger partial charge >= 0.3 is 0 Å². The standard InChI is InChI=1S/C14H13ClN6O2S/c15-21(16-10-11-5-2-1-3-6-11)24(22,23)13-8-4-7-12(9-13)14-17-19-20-18-14/h1-9,16H,10H2,(H,17,18,19,20). The minimum Gasteiger partial charge on any atom is -0.222 e. The van der Waals surface area contributed by atoms with Crippen molar-refractivity contribution in [3.63, 3.8) is 0 Å². The van der Waals surface area contributed by atoms with Crippen LogP contribution in [0.25, 0.3) is 11.4 Å². The number of aromatic amines is 1. The van der Waals surface area contributed by atoms with Gasteiger partial charge in [0.1, 0.15) is 0 Å². The van der Waals surface area contributed by atoms with Crippen LogP contribution in [0.2, 0.25) is 0 Å². The van der Waals surface area contributed by atoms with Crippen LogP contribution in [0.15, 0.2) is 59.5 Å². The van der Waals surface area contributed by atoms with Crippen LogP contribution in [-0.4, -0.2) is 33.0 Å². The molecule has 3 rings (SSSR count). The Morgan fingerprint density at radius 2 is 1.92 bits per heavy atom. The molecule has 1 aromatic heterocycles. The van der Waals surface area contributed by atoms with E-state index in [4.69, 9.17) is 11.8 Å². The Balaban J connectivity index is 1.78. The van der Waals surface area contributed by atoms with Crippen molar-refractivity contribution in [3.05, 3.63) is 60.2 Å². The van der Waals surface area contributed by atoms with Crippen molar-refractivity contribution in [2.24, 2.45) is 0 Å². The van der Waals surface area contributed by atoms with Crippen molar-refractivity contribution < 1.29 is 8.42 Å². The first-order valence-corrected chi connectivity index (χ1v) is 8.67. The Bertz CT molecular complexity index is 902. The van der Waals surface area contributed by atoms with Crippen LogP contribution in [0.1, 0.15) is 5.56 Å². The molecule has 8 nitrogen and oxygen atoms in total. The number of hydrogen-bond acceptors (Lipinski definition) is 6. The maximum atomic E-state index is 12.5. The minimum absolute atomic E-state index is 0.0142. The smallest absolute Gasteiger partial charge is 0.222 e. The molecule has 0 saturated carbocycles. The molecule has 2 aromatic carbocycles. The Kier molecular flexibility index (Phi) is 4.86. The third kappa shape index (κ3) is 3.60. The van der Waals surface area contributed by atoms with E-state index in [-0.39, 0.29) is 11.4 Å². The van der Waals surface area contributed by atoms with Crippen LogP contribution in [0, 0.1) is 0 Å². The molecule has 0 radical (unpaired) electrons. The maximum absolute atomic E-state index is 12.5. The molecule has 0 atom stereocenters. The second kappa shape index (κ2) is 7.05. The number of halogens is 1. The van der Waals surface area contributed by atoms with E-state index in [1.165, 1.54) is 12.1 Å². The number of hydrazine groups is 1. The van der Waals surface area contributed by atoms with Gasteiger partial charge in [-0.2, -0.15) is 5.21 Å². The number of sulfonamides is 1. The predicted octanol–water partition coefficient (Wildman–Crippen LogP) is 1.72. The second-order valence-electron chi connectivity index (χ2n) is 4.80. The first-order valence-electron chi connectivity index (χ1n) is 6.90. The zero-order chi connectivity index (χ0) is 17.0. The van der Waals surface area contributed by atoms with E-state index in [1.807, 2.05) is 30.3 Å². The van der Waals surface area contributed by atoms with Gasteiger partial charge < -0.3 is 0 Å². The highest BCUT2D eigenvalue weighted by Gasteiger charge is 2.23. The predicted molar refractivity (Wildman–Crippen MR) is 87.8 cm³/mol. The van der Waals surface area contributed by atoms with Gasteiger partial charge in [-0.3, -0.25) is 0 Å². The van der Waals surface area contributed by atoms with Gasteiger partial charge in [-0.05, 0) is 26.8 Å². The highest BCUT2D eigenvalue weighted by molar-refractivity contribution is 7.90. The van der Waals surface area contributed by atoms with Crippen molar-refractivity contribution in [1.82, 2.24) is 30.0 Å². The van der Waals surface area contributed by atoms with Crippen molar-refractivity contribution in [3.8, 4) is 11.4 Å². The van der Waals surface area contributed by atoms with Crippen LogP contribution < -0.4 is 5.43 Å². The Hall–Kier alpha value is -2.33. The molecule has 124 valence electrons. The third-order valence-electron chi connectivity index (χ3n) is 3.20. The van der Waals surface area contributed by atoms with Gasteiger partial charge in [0, 0.05) is 23.9 Å². The summed E-state index contributed by atoms with van der Waals surface area (Å²) in [6.07, 6.45) is 0. The van der Waals surface area contributed by atoms with Crippen molar-refractivity contribution in [2.75, 3.05) is 0 Å². The van der Waals surface area contributed by atoms with Crippen LogP contribution >= 0.6 is 11.8 Å². The van der Waals surface area contributed by atoms with E-state index < -0.39 is 10.0 Å². The van der Waals surface area contributed by atoms with Gasteiger partial charge in [0.15, 0.2) is 0 Å². The molecule has 10 heteroatoms. The number of tetrazole rings is 1. The van der Waals surface area contributed by atoms with Crippen LogP contribution in [0.5, 0.6) is 0 Å². The van der Waals surface area contributed by atoms with Crippen LogP contribution in [0.3, 0.4) is 0 Å². The summed E-state index contributed by atoms with van der Waals surface area (Å²) in [4.78, 5) is 0.0142. The summed E-state index contributed by atoms with van der Waals surface area (Å²) in [7, 11) is -3.92. The molecular formula is C14H13ClN6O2S. The highest BCUT2D eigenvalue weighted by Crippen LogP contribution is 2.21. The van der Waals surface area contributed by atoms with Gasteiger partial charge in [0.05, 0.1) is 4.90 Å². The third-order valence-corrected chi connectivity index (χ3v) is 5.26. The van der Waals surface area contributed by atoms with E-state index in [0.29, 0.717) is 15.3 Å². The first kappa shape index (κ1) is 16.5. The molecule has 3 aromatic rings. The van der Waals surface area contributed by atoms with Gasteiger partial charge in [-0.1, -0.05) is 42.5 Å². The number of hydrogen-bond donors (Lipinski definition) is 2. The molecule has 0 aliphatic heterocycles. The van der Waals surface area contributed by atoms with Gasteiger partial charge in [-0.15, -0.1) is 10.2 Å². The SMILES string of the molecule is O=S(=O)(c1cccc(-c2nn[nH]n2)c1)N(Cl)NCc1ccccc1. The molecule has 0 saturated heterocycles. The summed E-state index contributed by atoms with van der Waals surface area (Å²) in [6.45, 7) is 0.272. The number of H-pyrrole nitrogens is 1. The van der Waals surface area contributed by atoms with E-state index >= 15 is 0 Å². The summed E-state index contributed by atoms with van der Waals surface area (Å²) < 4.78 is 25.7. The zero-order valence-corrected chi connectivity index (χ0v) is 13.9. The minimum atomic E-state index is -3.92. The molecule has 1 heterocycles. The lowest BCUT2D eigenvalue weighted by atomic mass is 10.2. The average molecular weight is 365 g/mol. The Morgan fingerprint density at radius 3 is 2.62 bits per heavy atom. The lowest BCUT2D eigenvalue weighted by molar-refractivity contribution is 0.452. The molecule has 2 N–H and O–H groups in total. The fourth-order valence-corrected chi connectivity index (χ4v) is 3.25. The fraction of sp³-hybridized carbons (Fsp3) is 0.0714. The monoisotopic (exact) mass is 364 g/mol. The number of rotatable bonds is 6. The maximum Gasteiger partial charge on any atom is 0.269 e. The number of benzene rings is 2. The Morgan fingerprint density at radius 1 is 1.12 bits per heavy atom. The first-order chi connectivity index (χ1) is 11.6. The number of nitrogens with one attached hydrogen (secondary N) is 2.